The first kappa shape index (κ1) is 11.9. The first-order valence-electron chi connectivity index (χ1n) is 6.51. The lowest BCUT2D eigenvalue weighted by Gasteiger charge is -2.32. The van der Waals surface area contributed by atoms with Crippen LogP contribution >= 0.6 is 0 Å². The van der Waals surface area contributed by atoms with Crippen LogP contribution in [0.25, 0.3) is 0 Å². The van der Waals surface area contributed by atoms with Crippen molar-refractivity contribution in [2.75, 3.05) is 26.2 Å². The van der Waals surface area contributed by atoms with Crippen molar-refractivity contribution in [3.63, 3.8) is 0 Å². The molecule has 1 saturated carbocycles. The van der Waals surface area contributed by atoms with E-state index in [4.69, 9.17) is 5.73 Å². The maximum absolute atomic E-state index is 12.1. The molecule has 0 aromatic rings. The highest BCUT2D eigenvalue weighted by molar-refractivity contribution is 5.76. The van der Waals surface area contributed by atoms with Crippen LogP contribution < -0.4 is 11.1 Å². The minimum absolute atomic E-state index is 0.251. The Bertz CT molecular complexity index is 238. The van der Waals surface area contributed by atoms with Gasteiger partial charge in [-0.15, -0.1) is 0 Å². The van der Waals surface area contributed by atoms with Gasteiger partial charge in [0.1, 0.15) is 0 Å². The first-order valence-corrected chi connectivity index (χ1v) is 6.51. The number of hydrogen-bond acceptors (Lipinski definition) is 3. The smallest absolute Gasteiger partial charge is 0.222 e. The number of hydrogen-bond donors (Lipinski definition) is 2. The average molecular weight is 225 g/mol. The van der Waals surface area contributed by atoms with Crippen LogP contribution in [0.5, 0.6) is 0 Å². The zero-order valence-electron chi connectivity index (χ0n) is 9.95. The molecule has 92 valence electrons. The average Bonchev–Trinajstić information content (AvgIpc) is 2.33. The van der Waals surface area contributed by atoms with Crippen LogP contribution in [0.15, 0.2) is 0 Å². The van der Waals surface area contributed by atoms with Crippen LogP contribution in [0, 0.1) is 5.92 Å². The number of piperazine rings is 1. The van der Waals surface area contributed by atoms with Crippen molar-refractivity contribution in [3.05, 3.63) is 0 Å². The molecule has 2 rings (SSSR count). The molecular formula is C12H23N3O. The normalized spacial score (nSPS) is 31.4. The summed E-state index contributed by atoms with van der Waals surface area (Å²) in [6.07, 6.45) is 5.38. The van der Waals surface area contributed by atoms with Gasteiger partial charge in [-0.1, -0.05) is 12.8 Å². The molecule has 3 N–H and O–H groups in total. The molecular weight excluding hydrogens is 202 g/mol. The van der Waals surface area contributed by atoms with Gasteiger partial charge in [-0.25, -0.2) is 0 Å². The summed E-state index contributed by atoms with van der Waals surface area (Å²) in [6, 6.07) is 0.251. The Balaban J connectivity index is 1.80. The third kappa shape index (κ3) is 2.95. The number of nitrogens with two attached hydrogens (primary N) is 1. The highest BCUT2D eigenvalue weighted by Gasteiger charge is 2.26. The number of carbonyl (C=O) groups excluding carboxylic acids is 1. The summed E-state index contributed by atoms with van der Waals surface area (Å²) in [7, 11) is 0. The number of nitrogens with zero attached hydrogens (tertiary/aromatic N) is 1. The molecule has 2 aliphatic rings. The predicted octanol–water partition coefficient (Wildman–Crippen LogP) is 0.326. The largest absolute Gasteiger partial charge is 0.340 e. The maximum atomic E-state index is 12.1. The van der Waals surface area contributed by atoms with Crippen LogP contribution in [0.1, 0.15) is 32.1 Å². The lowest BCUT2D eigenvalue weighted by atomic mass is 9.82. The zero-order valence-corrected chi connectivity index (χ0v) is 9.95. The van der Waals surface area contributed by atoms with E-state index in [-0.39, 0.29) is 6.04 Å². The van der Waals surface area contributed by atoms with Gasteiger partial charge in [-0.2, -0.15) is 0 Å². The Morgan fingerprint density at radius 1 is 1.25 bits per heavy atom. The Morgan fingerprint density at radius 3 is 2.62 bits per heavy atom. The Kier molecular flexibility index (Phi) is 4.18. The van der Waals surface area contributed by atoms with Gasteiger partial charge in [0, 0.05) is 38.6 Å². The lowest BCUT2D eigenvalue weighted by Crippen LogP contribution is -2.47. The molecule has 2 atom stereocenters. The highest BCUT2D eigenvalue weighted by atomic mass is 16.2. The monoisotopic (exact) mass is 225 g/mol. The molecule has 2 unspecified atom stereocenters. The molecule has 0 aromatic carbocycles. The summed E-state index contributed by atoms with van der Waals surface area (Å²) in [5, 5.41) is 3.26. The van der Waals surface area contributed by atoms with Crippen LogP contribution in [0.2, 0.25) is 0 Å². The third-order valence-electron chi connectivity index (χ3n) is 3.87. The van der Waals surface area contributed by atoms with E-state index in [2.05, 4.69) is 5.32 Å². The van der Waals surface area contributed by atoms with E-state index in [0.29, 0.717) is 18.2 Å². The van der Waals surface area contributed by atoms with E-state index in [9.17, 15) is 4.79 Å². The lowest BCUT2D eigenvalue weighted by molar-refractivity contribution is -0.133. The molecule has 1 aliphatic carbocycles. The van der Waals surface area contributed by atoms with E-state index in [0.717, 1.165) is 39.0 Å². The van der Waals surface area contributed by atoms with Gasteiger partial charge < -0.3 is 16.0 Å². The van der Waals surface area contributed by atoms with Crippen molar-refractivity contribution in [1.82, 2.24) is 10.2 Å². The molecule has 1 heterocycles. The fourth-order valence-corrected chi connectivity index (χ4v) is 2.76. The fraction of sp³-hybridized carbons (Fsp3) is 0.917. The molecule has 0 spiro atoms. The van der Waals surface area contributed by atoms with Crippen molar-refractivity contribution in [2.45, 2.75) is 38.1 Å². The number of carbonyl (C=O) groups is 1. The first-order chi connectivity index (χ1) is 7.77. The summed E-state index contributed by atoms with van der Waals surface area (Å²) in [4.78, 5) is 14.0. The predicted molar refractivity (Wildman–Crippen MR) is 64.0 cm³/mol. The van der Waals surface area contributed by atoms with E-state index in [1.165, 1.54) is 12.8 Å². The summed E-state index contributed by atoms with van der Waals surface area (Å²) in [6.45, 7) is 3.59. The second kappa shape index (κ2) is 5.64. The van der Waals surface area contributed by atoms with Crippen molar-refractivity contribution in [2.24, 2.45) is 11.7 Å². The summed E-state index contributed by atoms with van der Waals surface area (Å²) in [5.41, 5.74) is 6.07. The van der Waals surface area contributed by atoms with Crippen molar-refractivity contribution < 1.29 is 4.79 Å². The van der Waals surface area contributed by atoms with Gasteiger partial charge in [-0.05, 0) is 18.8 Å². The van der Waals surface area contributed by atoms with Gasteiger partial charge in [0.15, 0.2) is 0 Å². The number of amides is 1. The molecule has 0 aromatic heterocycles. The third-order valence-corrected chi connectivity index (χ3v) is 3.87. The number of rotatable bonds is 2. The van der Waals surface area contributed by atoms with Gasteiger partial charge in [-0.3, -0.25) is 4.79 Å². The van der Waals surface area contributed by atoms with E-state index < -0.39 is 0 Å². The molecule has 1 amide bonds. The summed E-state index contributed by atoms with van der Waals surface area (Å²) in [5.74, 6) is 0.736. The minimum Gasteiger partial charge on any atom is -0.340 e. The Morgan fingerprint density at radius 2 is 1.94 bits per heavy atom. The Hall–Kier alpha value is -0.610. The van der Waals surface area contributed by atoms with Crippen LogP contribution in [0.4, 0.5) is 0 Å². The second-order valence-electron chi connectivity index (χ2n) is 5.04. The molecule has 0 radical (unpaired) electrons. The van der Waals surface area contributed by atoms with E-state index in [1.54, 1.807) is 0 Å². The van der Waals surface area contributed by atoms with Crippen LogP contribution in [-0.2, 0) is 4.79 Å². The molecule has 1 aliphatic heterocycles. The molecule has 16 heavy (non-hydrogen) atoms. The standard InChI is InChI=1S/C12H23N3O/c13-11-4-2-1-3-10(11)9-12(16)15-7-5-14-6-8-15/h10-11,14H,1-9,13H2. The van der Waals surface area contributed by atoms with E-state index >= 15 is 0 Å². The number of nitrogens with one attached hydrogen (secondary N) is 1. The van der Waals surface area contributed by atoms with E-state index in [1.807, 2.05) is 4.90 Å². The molecule has 1 saturated heterocycles. The molecule has 4 heteroatoms. The minimum atomic E-state index is 0.251. The van der Waals surface area contributed by atoms with Crippen LogP contribution in [0.3, 0.4) is 0 Å². The van der Waals surface area contributed by atoms with Crippen LogP contribution in [-0.4, -0.2) is 43.0 Å². The maximum Gasteiger partial charge on any atom is 0.222 e. The van der Waals surface area contributed by atoms with Crippen molar-refractivity contribution in [1.29, 1.82) is 0 Å². The summed E-state index contributed by atoms with van der Waals surface area (Å²) < 4.78 is 0. The summed E-state index contributed by atoms with van der Waals surface area (Å²) >= 11 is 0. The zero-order chi connectivity index (χ0) is 11.4. The SMILES string of the molecule is NC1CCCCC1CC(=O)N1CCNCC1. The van der Waals surface area contributed by atoms with Gasteiger partial charge >= 0.3 is 0 Å². The molecule has 2 fully saturated rings. The quantitative estimate of drug-likeness (QED) is 0.712. The highest BCUT2D eigenvalue weighted by Crippen LogP contribution is 2.26. The van der Waals surface area contributed by atoms with Crippen molar-refractivity contribution >= 4 is 5.91 Å². The molecule has 0 bridgehead atoms. The van der Waals surface area contributed by atoms with Crippen molar-refractivity contribution in [3.8, 4) is 0 Å². The second-order valence-corrected chi connectivity index (χ2v) is 5.04. The van der Waals surface area contributed by atoms with Gasteiger partial charge in [0.05, 0.1) is 0 Å². The Labute approximate surface area is 97.6 Å². The van der Waals surface area contributed by atoms with Gasteiger partial charge in [0.2, 0.25) is 5.91 Å². The topological polar surface area (TPSA) is 58.4 Å². The fourth-order valence-electron chi connectivity index (χ4n) is 2.76. The van der Waals surface area contributed by atoms with Gasteiger partial charge in [0.25, 0.3) is 0 Å². The molecule has 4 nitrogen and oxygen atoms in total.